The second-order valence-corrected chi connectivity index (χ2v) is 14.9. The molecule has 0 saturated carbocycles. The van der Waals surface area contributed by atoms with Gasteiger partial charge in [0.2, 0.25) is 0 Å². The van der Waals surface area contributed by atoms with Crippen molar-refractivity contribution in [3.05, 3.63) is 101 Å². The summed E-state index contributed by atoms with van der Waals surface area (Å²) in [6.45, 7) is 19.0. The second kappa shape index (κ2) is 14.2. The first-order chi connectivity index (χ1) is 21.8. The van der Waals surface area contributed by atoms with Gasteiger partial charge in [-0.3, -0.25) is 9.78 Å². The summed E-state index contributed by atoms with van der Waals surface area (Å²) in [6.07, 6.45) is 4.75. The molecule has 1 aliphatic carbocycles. The number of hydrogen-bond donors (Lipinski definition) is 1. The first-order valence-corrected chi connectivity index (χ1v) is 17.6. The molecule has 5 heteroatoms. The molecule has 2 heterocycles. The van der Waals surface area contributed by atoms with Gasteiger partial charge in [0.15, 0.2) is 5.78 Å². The molecular weight excluding hydrogens is 775 g/mol. The van der Waals surface area contributed by atoms with E-state index in [1.807, 2.05) is 52.9 Å². The number of fused-ring (bicyclic) bond motifs is 6. The zero-order chi connectivity index (χ0) is 33.4. The minimum Gasteiger partial charge on any atom is -0.512 e. The summed E-state index contributed by atoms with van der Waals surface area (Å²) in [4.78, 5) is 18.6. The number of allylic oxidation sites excluding steroid dienone is 2. The van der Waals surface area contributed by atoms with Crippen molar-refractivity contribution in [1.82, 2.24) is 4.98 Å². The third-order valence-electron chi connectivity index (χ3n) is 10.9. The molecule has 47 heavy (non-hydrogen) atoms. The van der Waals surface area contributed by atoms with Gasteiger partial charge in [-0.15, -0.1) is 40.7 Å². The van der Waals surface area contributed by atoms with Crippen molar-refractivity contribution in [1.29, 1.82) is 0 Å². The van der Waals surface area contributed by atoms with Crippen LogP contribution in [-0.4, -0.2) is 15.9 Å². The van der Waals surface area contributed by atoms with Crippen LogP contribution in [0.3, 0.4) is 0 Å². The molecule has 0 unspecified atom stereocenters. The van der Waals surface area contributed by atoms with E-state index in [9.17, 15) is 9.90 Å². The maximum Gasteiger partial charge on any atom is 0.164 e. The Morgan fingerprint density at radius 3 is 2.13 bits per heavy atom. The quantitative estimate of drug-likeness (QED) is 0.0963. The van der Waals surface area contributed by atoms with Crippen LogP contribution in [0.25, 0.3) is 42.7 Å². The van der Waals surface area contributed by atoms with Crippen LogP contribution >= 0.6 is 11.3 Å². The van der Waals surface area contributed by atoms with Crippen molar-refractivity contribution >= 4 is 38.1 Å². The summed E-state index contributed by atoms with van der Waals surface area (Å²) < 4.78 is 1.37. The summed E-state index contributed by atoms with van der Waals surface area (Å²) >= 11 is 1.91. The summed E-state index contributed by atoms with van der Waals surface area (Å²) in [5, 5.41) is 12.7. The van der Waals surface area contributed by atoms with E-state index in [2.05, 4.69) is 93.6 Å². The van der Waals surface area contributed by atoms with Gasteiger partial charge in [-0.05, 0) is 72.4 Å². The number of hydrogen-bond acceptors (Lipinski definition) is 4. The van der Waals surface area contributed by atoms with Gasteiger partial charge >= 0.3 is 0 Å². The van der Waals surface area contributed by atoms with Gasteiger partial charge in [-0.2, -0.15) is 0 Å². The Balaban J connectivity index is 0.000000242. The number of aryl methyl sites for hydroxylation is 1. The first kappa shape index (κ1) is 36.7. The van der Waals surface area contributed by atoms with Gasteiger partial charge in [0.1, 0.15) is 5.76 Å². The molecule has 0 spiro atoms. The zero-order valence-electron chi connectivity index (χ0n) is 29.3. The number of benzene rings is 3. The Bertz CT molecular complexity index is 1940. The Morgan fingerprint density at radius 2 is 1.49 bits per heavy atom. The predicted molar refractivity (Wildman–Crippen MR) is 197 cm³/mol. The smallest absolute Gasteiger partial charge is 0.164 e. The molecular formula is C42H48IrNO2S-. The fourth-order valence-electron chi connectivity index (χ4n) is 6.68. The second-order valence-electron chi connectivity index (χ2n) is 13.8. The SMILES string of the molecule is CCC(C)(CC)C(=O)/C=C(\O)C(C)(CC)CC.Cc1cc(-c2[c-]ccc3c2C(C)(C)c2c-3sc3ccccc23)nc2ccccc12.[Ir]. The molecule has 3 nitrogen and oxygen atoms in total. The molecule has 249 valence electrons. The van der Waals surface area contributed by atoms with Crippen molar-refractivity contribution in [2.75, 3.05) is 0 Å². The van der Waals surface area contributed by atoms with Crippen LogP contribution in [0.1, 0.15) is 97.8 Å². The molecule has 0 saturated heterocycles. The van der Waals surface area contributed by atoms with Crippen LogP contribution in [0.4, 0.5) is 0 Å². The Morgan fingerprint density at radius 1 is 0.894 bits per heavy atom. The molecule has 1 aliphatic rings. The third kappa shape index (κ3) is 6.52. The van der Waals surface area contributed by atoms with Crippen LogP contribution < -0.4 is 0 Å². The normalized spacial score (nSPS) is 13.9. The fourth-order valence-corrected chi connectivity index (χ4v) is 8.07. The summed E-state index contributed by atoms with van der Waals surface area (Å²) in [7, 11) is 0. The standard InChI is InChI=1S/C27H20NS.C15H28O2.Ir/c1-16-15-22(28-21-13-6-4-9-17(16)21)18-11-8-12-20-24(18)27(2,3)25-19-10-5-7-14-23(19)29-26(20)25;1-7-14(5,8-2)12(16)11-13(17)15(6,9-3)10-4;/h4-10,12-15H,1-3H3;11,16H,7-10H2,1-6H3;/q-1;;/b;12-11-;. The molecule has 6 rings (SSSR count). The Kier molecular flexibility index (Phi) is 11.1. The average molecular weight is 823 g/mol. The van der Waals surface area contributed by atoms with Crippen molar-refractivity contribution in [2.24, 2.45) is 10.8 Å². The van der Waals surface area contributed by atoms with Gasteiger partial charge in [-0.1, -0.05) is 103 Å². The number of pyridine rings is 1. The van der Waals surface area contributed by atoms with E-state index in [0.29, 0.717) is 0 Å². The third-order valence-corrected chi connectivity index (χ3v) is 12.1. The Labute approximate surface area is 298 Å². The van der Waals surface area contributed by atoms with Gasteiger partial charge in [0, 0.05) is 52.0 Å². The van der Waals surface area contributed by atoms with Crippen LogP contribution in [0.15, 0.2) is 78.6 Å². The van der Waals surface area contributed by atoms with E-state index in [4.69, 9.17) is 4.98 Å². The maximum atomic E-state index is 12.2. The van der Waals surface area contributed by atoms with E-state index < -0.39 is 0 Å². The molecule has 2 aromatic heterocycles. The summed E-state index contributed by atoms with van der Waals surface area (Å²) in [5.41, 5.74) is 7.91. The number of thiophene rings is 1. The molecule has 0 bridgehead atoms. The van der Waals surface area contributed by atoms with Gasteiger partial charge in [0.25, 0.3) is 0 Å². The molecule has 0 aliphatic heterocycles. The number of aliphatic hydroxyl groups is 1. The molecule has 5 aromatic rings. The fraction of sp³-hybridized carbons (Fsp3) is 0.381. The molecule has 0 amide bonds. The number of ketones is 1. The van der Waals surface area contributed by atoms with Crippen LogP contribution in [-0.2, 0) is 30.3 Å². The minimum atomic E-state index is -0.337. The number of carbonyl (C=O) groups is 1. The number of aliphatic hydroxyl groups excluding tert-OH is 1. The van der Waals surface area contributed by atoms with E-state index >= 15 is 0 Å². The molecule has 1 radical (unpaired) electrons. The van der Waals surface area contributed by atoms with E-state index in [0.717, 1.165) is 42.5 Å². The average Bonchev–Trinajstić information content (AvgIpc) is 3.57. The van der Waals surface area contributed by atoms with Crippen molar-refractivity contribution in [3.8, 4) is 21.7 Å². The number of aromatic nitrogens is 1. The number of para-hydroxylation sites is 1. The first-order valence-electron chi connectivity index (χ1n) is 16.7. The van der Waals surface area contributed by atoms with Crippen LogP contribution in [0.2, 0.25) is 0 Å². The van der Waals surface area contributed by atoms with Crippen LogP contribution in [0.5, 0.6) is 0 Å². The number of rotatable bonds is 8. The number of nitrogens with zero attached hydrogens (tertiary/aromatic N) is 1. The van der Waals surface area contributed by atoms with Gasteiger partial charge in [-0.25, -0.2) is 0 Å². The molecule has 0 atom stereocenters. The Hall–Kier alpha value is -3.11. The van der Waals surface area contributed by atoms with Crippen molar-refractivity contribution in [2.45, 2.75) is 93.4 Å². The van der Waals surface area contributed by atoms with Crippen molar-refractivity contribution in [3.63, 3.8) is 0 Å². The minimum absolute atomic E-state index is 0. The van der Waals surface area contributed by atoms with Gasteiger partial charge in [0.05, 0.1) is 5.52 Å². The predicted octanol–water partition coefficient (Wildman–Crippen LogP) is 12.2. The van der Waals surface area contributed by atoms with E-state index in [1.165, 1.54) is 48.7 Å². The molecule has 1 N–H and O–H groups in total. The molecule has 3 aromatic carbocycles. The maximum absolute atomic E-state index is 12.2. The van der Waals surface area contributed by atoms with Gasteiger partial charge < -0.3 is 5.11 Å². The van der Waals surface area contributed by atoms with E-state index in [1.54, 1.807) is 0 Å². The topological polar surface area (TPSA) is 50.2 Å². The summed E-state index contributed by atoms with van der Waals surface area (Å²) in [6, 6.07) is 27.2. The largest absolute Gasteiger partial charge is 0.512 e. The summed E-state index contributed by atoms with van der Waals surface area (Å²) in [5.74, 6) is 0.286. The monoisotopic (exact) mass is 823 g/mol. The van der Waals surface area contributed by atoms with Crippen LogP contribution in [0, 0.1) is 23.8 Å². The number of carbonyl (C=O) groups excluding carboxylic acids is 1. The van der Waals surface area contributed by atoms with Crippen molar-refractivity contribution < 1.29 is 30.0 Å². The van der Waals surface area contributed by atoms with E-state index in [-0.39, 0.29) is 47.9 Å². The zero-order valence-corrected chi connectivity index (χ0v) is 32.5. The molecule has 0 fully saturated rings.